The predicted octanol–water partition coefficient (Wildman–Crippen LogP) is 4.25. The number of hydrogen-bond donors (Lipinski definition) is 1. The molecule has 158 valence electrons. The molecule has 0 aliphatic carbocycles. The van der Waals surface area contributed by atoms with Crippen LogP contribution in [0.25, 0.3) is 10.8 Å². The molecule has 2 amide bonds. The average molecular weight is 445 g/mol. The van der Waals surface area contributed by atoms with Gasteiger partial charge in [-0.15, -0.1) is 21.5 Å². The minimum absolute atomic E-state index is 0.0365. The highest BCUT2D eigenvalue weighted by atomic mass is 32.2. The van der Waals surface area contributed by atoms with Crippen LogP contribution in [0.4, 0.5) is 5.69 Å². The third-order valence-corrected chi connectivity index (χ3v) is 6.44. The Kier molecular flexibility index (Phi) is 7.28. The van der Waals surface area contributed by atoms with E-state index in [0.717, 1.165) is 28.1 Å². The number of likely N-dealkylation sites (N-methyl/N-ethyl adjacent to an activating group) is 1. The summed E-state index contributed by atoms with van der Waals surface area (Å²) in [6.45, 7) is 5.73. The summed E-state index contributed by atoms with van der Waals surface area (Å²) < 4.78 is 5.70. The molecule has 0 saturated heterocycles. The molecule has 1 aromatic carbocycles. The zero-order valence-electron chi connectivity index (χ0n) is 17.3. The quantitative estimate of drug-likeness (QED) is 0.523. The number of anilines is 1. The molecule has 9 heteroatoms. The second-order valence-corrected chi connectivity index (χ2v) is 9.03. The maximum Gasteiger partial charge on any atom is 0.277 e. The monoisotopic (exact) mass is 444 g/mol. The van der Waals surface area contributed by atoms with Gasteiger partial charge in [0, 0.05) is 12.7 Å². The second kappa shape index (κ2) is 9.90. The lowest BCUT2D eigenvalue weighted by molar-refractivity contribution is -0.132. The van der Waals surface area contributed by atoms with Crippen molar-refractivity contribution < 1.29 is 14.0 Å². The summed E-state index contributed by atoms with van der Waals surface area (Å²) >= 11 is 2.71. The molecule has 0 bridgehead atoms. The maximum absolute atomic E-state index is 12.7. The van der Waals surface area contributed by atoms with Gasteiger partial charge in [-0.2, -0.15) is 0 Å². The fourth-order valence-electron chi connectivity index (χ4n) is 2.89. The molecule has 1 unspecified atom stereocenters. The molecular weight excluding hydrogens is 420 g/mol. The van der Waals surface area contributed by atoms with Crippen LogP contribution in [0.1, 0.15) is 25.0 Å². The molecule has 0 saturated carbocycles. The Morgan fingerprint density at radius 3 is 2.73 bits per heavy atom. The molecule has 2 heterocycles. The van der Waals surface area contributed by atoms with Crippen molar-refractivity contribution >= 4 is 40.6 Å². The van der Waals surface area contributed by atoms with Crippen LogP contribution in [0, 0.1) is 6.92 Å². The van der Waals surface area contributed by atoms with Crippen molar-refractivity contribution in [3.05, 3.63) is 46.8 Å². The highest BCUT2D eigenvalue weighted by Crippen LogP contribution is 2.31. The maximum atomic E-state index is 12.7. The van der Waals surface area contributed by atoms with Gasteiger partial charge in [0.05, 0.1) is 16.7 Å². The first kappa shape index (κ1) is 22.0. The first-order valence-electron chi connectivity index (χ1n) is 9.56. The molecule has 3 rings (SSSR count). The topological polar surface area (TPSA) is 88.3 Å². The number of rotatable bonds is 8. The normalized spacial score (nSPS) is 11.9. The van der Waals surface area contributed by atoms with Gasteiger partial charge in [0.25, 0.3) is 11.1 Å². The number of thioether (sulfide) groups is 1. The number of carbonyl (C=O) groups is 2. The summed E-state index contributed by atoms with van der Waals surface area (Å²) in [7, 11) is 1.61. The van der Waals surface area contributed by atoms with Crippen molar-refractivity contribution in [1.82, 2.24) is 15.1 Å². The molecule has 2 aromatic heterocycles. The number of benzene rings is 1. The van der Waals surface area contributed by atoms with Crippen LogP contribution in [0.2, 0.25) is 0 Å². The largest absolute Gasteiger partial charge is 0.410 e. The number of carbonyl (C=O) groups excluding carboxylic acids is 2. The Morgan fingerprint density at radius 1 is 1.27 bits per heavy atom. The standard InChI is InChI=1S/C21H24N4O3S2/c1-5-15-8-6-7-9-16(15)22-17(26)12-25(4)20(27)14(3)30-21-24-23-19(28-21)18-13(2)10-11-29-18/h6-11,14H,5,12H2,1-4H3,(H,22,26). The summed E-state index contributed by atoms with van der Waals surface area (Å²) in [6, 6.07) is 9.63. The fraction of sp³-hybridized carbons (Fsp3) is 0.333. The van der Waals surface area contributed by atoms with E-state index < -0.39 is 5.25 Å². The number of amides is 2. The van der Waals surface area contributed by atoms with Crippen molar-refractivity contribution in [2.45, 2.75) is 37.7 Å². The van der Waals surface area contributed by atoms with Gasteiger partial charge in [-0.25, -0.2) is 0 Å². The highest BCUT2D eigenvalue weighted by Gasteiger charge is 2.23. The lowest BCUT2D eigenvalue weighted by Crippen LogP contribution is -2.39. The van der Waals surface area contributed by atoms with E-state index in [4.69, 9.17) is 4.42 Å². The van der Waals surface area contributed by atoms with Crippen molar-refractivity contribution in [2.75, 3.05) is 18.9 Å². The third kappa shape index (κ3) is 5.28. The highest BCUT2D eigenvalue weighted by molar-refractivity contribution is 8.00. The first-order chi connectivity index (χ1) is 14.4. The van der Waals surface area contributed by atoms with Crippen molar-refractivity contribution in [1.29, 1.82) is 0 Å². The lowest BCUT2D eigenvalue weighted by atomic mass is 10.1. The zero-order chi connectivity index (χ0) is 21.7. The molecule has 0 fully saturated rings. The summed E-state index contributed by atoms with van der Waals surface area (Å²) in [5.74, 6) is 0.0233. The van der Waals surface area contributed by atoms with Crippen molar-refractivity contribution in [3.8, 4) is 10.8 Å². The van der Waals surface area contributed by atoms with Crippen LogP contribution in [-0.4, -0.2) is 45.8 Å². The lowest BCUT2D eigenvalue weighted by Gasteiger charge is -2.20. The van der Waals surface area contributed by atoms with E-state index in [9.17, 15) is 9.59 Å². The first-order valence-corrected chi connectivity index (χ1v) is 11.3. The third-order valence-electron chi connectivity index (χ3n) is 4.52. The molecule has 0 radical (unpaired) electrons. The number of hydrogen-bond acceptors (Lipinski definition) is 7. The summed E-state index contributed by atoms with van der Waals surface area (Å²) in [5.41, 5.74) is 2.90. The Hall–Kier alpha value is -2.65. The van der Waals surface area contributed by atoms with Gasteiger partial charge >= 0.3 is 0 Å². The van der Waals surface area contributed by atoms with E-state index in [1.165, 1.54) is 28.0 Å². The second-order valence-electron chi connectivity index (χ2n) is 6.82. The molecule has 3 aromatic rings. The molecule has 0 spiro atoms. The Balaban J connectivity index is 1.56. The van der Waals surface area contributed by atoms with Gasteiger partial charge in [0.2, 0.25) is 11.8 Å². The number of thiophene rings is 1. The van der Waals surface area contributed by atoms with Crippen LogP contribution in [0.5, 0.6) is 0 Å². The van der Waals surface area contributed by atoms with E-state index in [1.54, 1.807) is 14.0 Å². The minimum Gasteiger partial charge on any atom is -0.410 e. The smallest absolute Gasteiger partial charge is 0.277 e. The summed E-state index contributed by atoms with van der Waals surface area (Å²) in [5, 5.41) is 12.8. The summed E-state index contributed by atoms with van der Waals surface area (Å²) in [4.78, 5) is 27.4. The van der Waals surface area contributed by atoms with E-state index in [2.05, 4.69) is 15.5 Å². The Morgan fingerprint density at radius 2 is 2.03 bits per heavy atom. The zero-order valence-corrected chi connectivity index (χ0v) is 19.0. The van der Waals surface area contributed by atoms with E-state index in [0.29, 0.717) is 11.1 Å². The molecule has 1 atom stereocenters. The fourth-order valence-corrected chi connectivity index (χ4v) is 4.53. The molecule has 30 heavy (non-hydrogen) atoms. The minimum atomic E-state index is -0.469. The Bertz CT molecular complexity index is 1030. The van der Waals surface area contributed by atoms with Gasteiger partial charge in [0.1, 0.15) is 0 Å². The number of para-hydroxylation sites is 1. The van der Waals surface area contributed by atoms with Crippen LogP contribution >= 0.6 is 23.1 Å². The Labute approximate surface area is 183 Å². The van der Waals surface area contributed by atoms with E-state index in [1.807, 2.05) is 49.6 Å². The number of nitrogens with one attached hydrogen (secondary N) is 1. The molecule has 0 aliphatic heterocycles. The molecule has 0 aliphatic rings. The molecule has 1 N–H and O–H groups in total. The van der Waals surface area contributed by atoms with Gasteiger partial charge in [0.15, 0.2) is 0 Å². The van der Waals surface area contributed by atoms with Crippen LogP contribution < -0.4 is 5.32 Å². The number of aryl methyl sites for hydroxylation is 2. The van der Waals surface area contributed by atoms with Gasteiger partial charge < -0.3 is 14.6 Å². The van der Waals surface area contributed by atoms with Crippen molar-refractivity contribution in [2.24, 2.45) is 0 Å². The van der Waals surface area contributed by atoms with Crippen LogP contribution in [0.15, 0.2) is 45.4 Å². The SMILES string of the molecule is CCc1ccccc1NC(=O)CN(C)C(=O)C(C)Sc1nnc(-c2sccc2C)o1. The van der Waals surface area contributed by atoms with Crippen LogP contribution in [0.3, 0.4) is 0 Å². The van der Waals surface area contributed by atoms with E-state index in [-0.39, 0.29) is 18.4 Å². The predicted molar refractivity (Wildman–Crippen MR) is 120 cm³/mol. The van der Waals surface area contributed by atoms with E-state index >= 15 is 0 Å². The van der Waals surface area contributed by atoms with Crippen molar-refractivity contribution in [3.63, 3.8) is 0 Å². The van der Waals surface area contributed by atoms with Gasteiger partial charge in [-0.3, -0.25) is 9.59 Å². The average Bonchev–Trinajstić information content (AvgIpc) is 3.36. The summed E-state index contributed by atoms with van der Waals surface area (Å²) in [6.07, 6.45) is 0.816. The number of nitrogens with zero attached hydrogens (tertiary/aromatic N) is 3. The van der Waals surface area contributed by atoms with Gasteiger partial charge in [-0.05, 0) is 48.9 Å². The molecular formula is C21H24N4O3S2. The molecule has 7 nitrogen and oxygen atoms in total. The number of aromatic nitrogens is 2. The van der Waals surface area contributed by atoms with Gasteiger partial charge in [-0.1, -0.05) is 36.9 Å². The van der Waals surface area contributed by atoms with Crippen LogP contribution in [-0.2, 0) is 16.0 Å².